The largest absolute Gasteiger partial charge is 0.573 e. The lowest BCUT2D eigenvalue weighted by Crippen LogP contribution is -2.28. The number of halogens is 3. The van der Waals surface area contributed by atoms with Gasteiger partial charge < -0.3 is 15.2 Å². The zero-order chi connectivity index (χ0) is 14.3. The predicted octanol–water partition coefficient (Wildman–Crippen LogP) is 2.88. The number of nitrogens with two attached hydrogens (primary N) is 1. The van der Waals surface area contributed by atoms with Crippen LogP contribution in [-0.4, -0.2) is 25.6 Å². The smallest absolute Gasteiger partial charge is 0.406 e. The molecule has 2 N–H and O–H groups in total. The molecule has 0 heterocycles. The van der Waals surface area contributed by atoms with Gasteiger partial charge in [-0.25, -0.2) is 0 Å². The van der Waals surface area contributed by atoms with Gasteiger partial charge in [-0.1, -0.05) is 19.1 Å². The van der Waals surface area contributed by atoms with Crippen LogP contribution in [0.3, 0.4) is 0 Å². The third kappa shape index (κ3) is 7.03. The lowest BCUT2D eigenvalue weighted by Gasteiger charge is -2.13. The predicted molar refractivity (Wildman–Crippen MR) is 65.9 cm³/mol. The molecular weight excluding hydrogens is 259 g/mol. The van der Waals surface area contributed by atoms with E-state index in [1.165, 1.54) is 12.1 Å². The lowest BCUT2D eigenvalue weighted by atomic mass is 10.1. The van der Waals surface area contributed by atoms with Gasteiger partial charge in [-0.15, -0.1) is 13.2 Å². The second-order valence-electron chi connectivity index (χ2n) is 4.23. The molecule has 0 bridgehead atoms. The van der Waals surface area contributed by atoms with E-state index in [0.29, 0.717) is 19.6 Å². The molecule has 0 fully saturated rings. The minimum atomic E-state index is -4.66. The fourth-order valence-electron chi connectivity index (χ4n) is 1.57. The van der Waals surface area contributed by atoms with Crippen molar-refractivity contribution in [2.45, 2.75) is 32.2 Å². The van der Waals surface area contributed by atoms with Crippen LogP contribution in [0.5, 0.6) is 5.75 Å². The first-order valence-electron chi connectivity index (χ1n) is 6.08. The molecule has 108 valence electrons. The van der Waals surface area contributed by atoms with Crippen LogP contribution < -0.4 is 10.5 Å². The summed E-state index contributed by atoms with van der Waals surface area (Å²) in [4.78, 5) is 0. The van der Waals surface area contributed by atoms with E-state index in [-0.39, 0.29) is 11.8 Å². The van der Waals surface area contributed by atoms with Gasteiger partial charge in [0.15, 0.2) is 0 Å². The van der Waals surface area contributed by atoms with Crippen molar-refractivity contribution in [3.63, 3.8) is 0 Å². The maximum atomic E-state index is 12.0. The Kier molecular flexibility index (Phi) is 6.11. The second-order valence-corrected chi connectivity index (χ2v) is 4.23. The highest BCUT2D eigenvalue weighted by Gasteiger charge is 2.30. The summed E-state index contributed by atoms with van der Waals surface area (Å²) in [5, 5.41) is 0. The van der Waals surface area contributed by atoms with Crippen LogP contribution in [0.15, 0.2) is 24.3 Å². The van der Waals surface area contributed by atoms with Crippen molar-refractivity contribution in [1.82, 2.24) is 0 Å². The highest BCUT2D eigenvalue weighted by Crippen LogP contribution is 2.22. The Bertz CT molecular complexity index is 365. The highest BCUT2D eigenvalue weighted by molar-refractivity contribution is 5.27. The molecule has 0 radical (unpaired) electrons. The summed E-state index contributed by atoms with van der Waals surface area (Å²) in [6.45, 7) is 3.10. The van der Waals surface area contributed by atoms with Gasteiger partial charge in [0.25, 0.3) is 0 Å². The first-order valence-corrected chi connectivity index (χ1v) is 6.08. The van der Waals surface area contributed by atoms with Crippen LogP contribution in [-0.2, 0) is 11.2 Å². The van der Waals surface area contributed by atoms with Gasteiger partial charge in [-0.05, 0) is 30.5 Å². The van der Waals surface area contributed by atoms with E-state index in [0.717, 1.165) is 12.0 Å². The molecule has 0 spiro atoms. The van der Waals surface area contributed by atoms with Crippen LogP contribution in [0, 0.1) is 0 Å². The molecule has 0 aliphatic rings. The fourth-order valence-corrected chi connectivity index (χ4v) is 1.57. The van der Waals surface area contributed by atoms with E-state index >= 15 is 0 Å². The summed E-state index contributed by atoms with van der Waals surface area (Å²) in [5.41, 5.74) is 6.70. The van der Waals surface area contributed by atoms with E-state index in [9.17, 15) is 13.2 Å². The van der Waals surface area contributed by atoms with Gasteiger partial charge in [0.1, 0.15) is 5.75 Å². The normalized spacial score (nSPS) is 13.3. The van der Waals surface area contributed by atoms with Crippen molar-refractivity contribution in [3.8, 4) is 5.75 Å². The molecule has 1 unspecified atom stereocenters. The standard InChI is InChI=1S/C13H18F3NO2/c1-2-7-18-9-11(17)8-10-3-5-12(6-4-10)19-13(14,15)16/h3-6,11H,2,7-9,17H2,1H3. The SMILES string of the molecule is CCCOCC(N)Cc1ccc(OC(F)(F)F)cc1. The Morgan fingerprint density at radius 3 is 2.37 bits per heavy atom. The van der Waals surface area contributed by atoms with Gasteiger partial charge in [0, 0.05) is 12.6 Å². The third-order valence-corrected chi connectivity index (χ3v) is 2.34. The molecule has 19 heavy (non-hydrogen) atoms. The van der Waals surface area contributed by atoms with Gasteiger partial charge in [-0.3, -0.25) is 0 Å². The van der Waals surface area contributed by atoms with Crippen molar-refractivity contribution < 1.29 is 22.6 Å². The van der Waals surface area contributed by atoms with Crippen LogP contribution in [0.25, 0.3) is 0 Å². The molecule has 1 atom stereocenters. The summed E-state index contributed by atoms with van der Waals surface area (Å²) in [7, 11) is 0. The molecule has 0 aliphatic carbocycles. The topological polar surface area (TPSA) is 44.5 Å². The first kappa shape index (κ1) is 15.8. The van der Waals surface area contributed by atoms with E-state index in [4.69, 9.17) is 10.5 Å². The summed E-state index contributed by atoms with van der Waals surface area (Å²) in [5.74, 6) is -0.230. The fraction of sp³-hybridized carbons (Fsp3) is 0.538. The maximum absolute atomic E-state index is 12.0. The van der Waals surface area contributed by atoms with E-state index in [1.54, 1.807) is 12.1 Å². The molecule has 0 aromatic heterocycles. The molecule has 1 aromatic rings. The zero-order valence-corrected chi connectivity index (χ0v) is 10.7. The van der Waals surface area contributed by atoms with Crippen molar-refractivity contribution in [1.29, 1.82) is 0 Å². The Morgan fingerprint density at radius 2 is 1.84 bits per heavy atom. The number of benzene rings is 1. The summed E-state index contributed by atoms with van der Waals surface area (Å²) >= 11 is 0. The van der Waals surface area contributed by atoms with Gasteiger partial charge in [-0.2, -0.15) is 0 Å². The average molecular weight is 277 g/mol. The van der Waals surface area contributed by atoms with Gasteiger partial charge in [0.2, 0.25) is 0 Å². The van der Waals surface area contributed by atoms with Crippen LogP contribution >= 0.6 is 0 Å². The molecule has 1 rings (SSSR count). The van der Waals surface area contributed by atoms with E-state index in [2.05, 4.69) is 4.74 Å². The molecule has 6 heteroatoms. The number of ether oxygens (including phenoxy) is 2. The Balaban J connectivity index is 2.43. The highest BCUT2D eigenvalue weighted by atomic mass is 19.4. The molecule has 1 aromatic carbocycles. The molecule has 0 aliphatic heterocycles. The summed E-state index contributed by atoms with van der Waals surface area (Å²) in [6, 6.07) is 5.53. The number of hydrogen-bond donors (Lipinski definition) is 1. The van der Waals surface area contributed by atoms with Crippen molar-refractivity contribution in [2.75, 3.05) is 13.2 Å². The number of alkyl halides is 3. The van der Waals surface area contributed by atoms with E-state index < -0.39 is 6.36 Å². The first-order chi connectivity index (χ1) is 8.90. The molecular formula is C13H18F3NO2. The minimum Gasteiger partial charge on any atom is -0.406 e. The summed E-state index contributed by atoms with van der Waals surface area (Å²) in [6.07, 6.45) is -3.18. The average Bonchev–Trinajstić information content (AvgIpc) is 2.30. The molecule has 3 nitrogen and oxygen atoms in total. The second kappa shape index (κ2) is 7.35. The van der Waals surface area contributed by atoms with E-state index in [1.807, 2.05) is 6.92 Å². The lowest BCUT2D eigenvalue weighted by molar-refractivity contribution is -0.274. The number of hydrogen-bond acceptors (Lipinski definition) is 3. The summed E-state index contributed by atoms with van der Waals surface area (Å²) < 4.78 is 45.0. The Labute approximate surface area is 110 Å². The van der Waals surface area contributed by atoms with Crippen molar-refractivity contribution in [3.05, 3.63) is 29.8 Å². The Morgan fingerprint density at radius 1 is 1.21 bits per heavy atom. The molecule has 0 amide bonds. The molecule has 0 saturated carbocycles. The molecule has 0 saturated heterocycles. The van der Waals surface area contributed by atoms with Crippen molar-refractivity contribution in [2.24, 2.45) is 5.73 Å². The van der Waals surface area contributed by atoms with Gasteiger partial charge in [0.05, 0.1) is 6.61 Å². The third-order valence-electron chi connectivity index (χ3n) is 2.34. The number of rotatable bonds is 7. The van der Waals surface area contributed by atoms with Crippen LogP contribution in [0.2, 0.25) is 0 Å². The Hall–Kier alpha value is -1.27. The van der Waals surface area contributed by atoms with Crippen LogP contribution in [0.4, 0.5) is 13.2 Å². The zero-order valence-electron chi connectivity index (χ0n) is 10.7. The van der Waals surface area contributed by atoms with Gasteiger partial charge >= 0.3 is 6.36 Å². The minimum absolute atomic E-state index is 0.166. The van der Waals surface area contributed by atoms with Crippen molar-refractivity contribution >= 4 is 0 Å². The monoisotopic (exact) mass is 277 g/mol. The van der Waals surface area contributed by atoms with Crippen LogP contribution in [0.1, 0.15) is 18.9 Å². The maximum Gasteiger partial charge on any atom is 0.573 e. The quantitative estimate of drug-likeness (QED) is 0.779.